The molecule has 0 aliphatic heterocycles. The third kappa shape index (κ3) is 3.63. The number of aromatic nitrogens is 1. The van der Waals surface area contributed by atoms with Crippen LogP contribution in [0.1, 0.15) is 5.56 Å². The molecule has 0 radical (unpaired) electrons. The van der Waals surface area contributed by atoms with Crippen LogP contribution in [0.5, 0.6) is 0 Å². The molecule has 1 aromatic heterocycles. The van der Waals surface area contributed by atoms with Gasteiger partial charge < -0.3 is 4.57 Å². The average Bonchev–Trinajstić information content (AvgIpc) is 3.44. The largest absolute Gasteiger partial charge is 0.309 e. The molecule has 0 N–H and O–H groups in total. The Hall–Kier alpha value is -5.92. The standard InChI is InChI=1S/C45H29N/c1-28-24-33-18-22-38-40(30-16-20-35(21-17-30)46-42-12-6-4-10-36(42)37-11-5-7-13-43(37)46)27-41(39-23-19-34(25-28)44(33)45(38)39)32-15-14-29-8-2-3-9-31(29)26-32/h2-27H,1H3. The maximum absolute atomic E-state index is 2.42. The second-order valence-corrected chi connectivity index (χ2v) is 12.6. The summed E-state index contributed by atoms with van der Waals surface area (Å²) >= 11 is 0. The zero-order chi connectivity index (χ0) is 30.4. The van der Waals surface area contributed by atoms with Crippen molar-refractivity contribution in [2.24, 2.45) is 0 Å². The smallest absolute Gasteiger partial charge is 0.0541 e. The summed E-state index contributed by atoms with van der Waals surface area (Å²) in [5, 5.41) is 13.0. The van der Waals surface area contributed by atoms with Gasteiger partial charge in [0.2, 0.25) is 0 Å². The lowest BCUT2D eigenvalue weighted by Gasteiger charge is -2.19. The monoisotopic (exact) mass is 583 g/mol. The van der Waals surface area contributed by atoms with E-state index < -0.39 is 0 Å². The molecule has 0 bridgehead atoms. The van der Waals surface area contributed by atoms with Crippen LogP contribution in [-0.4, -0.2) is 4.57 Å². The van der Waals surface area contributed by atoms with Crippen molar-refractivity contribution in [2.45, 2.75) is 6.92 Å². The zero-order valence-electron chi connectivity index (χ0n) is 25.5. The second-order valence-electron chi connectivity index (χ2n) is 12.6. The Bertz CT molecular complexity index is 2720. The third-order valence-electron chi connectivity index (χ3n) is 9.94. The van der Waals surface area contributed by atoms with Gasteiger partial charge in [0.15, 0.2) is 0 Å². The molecule has 1 heterocycles. The highest BCUT2D eigenvalue weighted by molar-refractivity contribution is 6.28. The first-order valence-corrected chi connectivity index (χ1v) is 16.0. The van der Waals surface area contributed by atoms with E-state index in [2.05, 4.69) is 169 Å². The van der Waals surface area contributed by atoms with Gasteiger partial charge in [0.05, 0.1) is 11.0 Å². The van der Waals surface area contributed by atoms with Crippen LogP contribution in [0.2, 0.25) is 0 Å². The second kappa shape index (κ2) is 9.54. The lowest BCUT2D eigenvalue weighted by molar-refractivity contribution is 1.18. The van der Waals surface area contributed by atoms with Crippen molar-refractivity contribution in [3.8, 4) is 27.9 Å². The van der Waals surface area contributed by atoms with Crippen LogP contribution in [0, 0.1) is 6.92 Å². The van der Waals surface area contributed by atoms with Gasteiger partial charge in [0.1, 0.15) is 0 Å². The van der Waals surface area contributed by atoms with Gasteiger partial charge in [-0.3, -0.25) is 0 Å². The Kier molecular flexibility index (Phi) is 5.27. The minimum Gasteiger partial charge on any atom is -0.309 e. The molecule has 0 aliphatic carbocycles. The number of nitrogens with zero attached hydrogens (tertiary/aromatic N) is 1. The van der Waals surface area contributed by atoms with Crippen molar-refractivity contribution >= 4 is 64.9 Å². The number of hydrogen-bond donors (Lipinski definition) is 0. The van der Waals surface area contributed by atoms with Crippen molar-refractivity contribution in [1.29, 1.82) is 0 Å². The zero-order valence-corrected chi connectivity index (χ0v) is 25.5. The van der Waals surface area contributed by atoms with Crippen LogP contribution < -0.4 is 0 Å². The van der Waals surface area contributed by atoms with E-state index in [1.807, 2.05) is 0 Å². The minimum atomic E-state index is 1.17. The van der Waals surface area contributed by atoms with Crippen LogP contribution in [0.25, 0.3) is 92.8 Å². The van der Waals surface area contributed by atoms with Crippen LogP contribution in [-0.2, 0) is 0 Å². The van der Waals surface area contributed by atoms with Gasteiger partial charge in [-0.25, -0.2) is 0 Å². The Morgan fingerprint density at radius 3 is 1.59 bits per heavy atom. The molecule has 0 saturated heterocycles. The molecule has 0 amide bonds. The molecule has 0 fully saturated rings. The van der Waals surface area contributed by atoms with Gasteiger partial charge in [-0.2, -0.15) is 0 Å². The highest BCUT2D eigenvalue weighted by atomic mass is 15.0. The maximum atomic E-state index is 2.42. The molecular formula is C45H29N. The molecule has 214 valence electrons. The van der Waals surface area contributed by atoms with Crippen LogP contribution in [0.4, 0.5) is 0 Å². The first-order chi connectivity index (χ1) is 22.7. The summed E-state index contributed by atoms with van der Waals surface area (Å²) in [5.41, 5.74) is 9.93. The third-order valence-corrected chi connectivity index (χ3v) is 9.94. The van der Waals surface area contributed by atoms with Gasteiger partial charge in [-0.15, -0.1) is 0 Å². The van der Waals surface area contributed by atoms with Crippen molar-refractivity contribution in [1.82, 2.24) is 4.57 Å². The highest BCUT2D eigenvalue weighted by Gasteiger charge is 2.18. The van der Waals surface area contributed by atoms with Crippen LogP contribution >= 0.6 is 0 Å². The van der Waals surface area contributed by atoms with E-state index >= 15 is 0 Å². The quantitative estimate of drug-likeness (QED) is 0.182. The minimum absolute atomic E-state index is 1.17. The van der Waals surface area contributed by atoms with E-state index in [0.717, 1.165) is 0 Å². The summed E-state index contributed by atoms with van der Waals surface area (Å²) in [6.07, 6.45) is 0. The SMILES string of the molecule is Cc1cc2ccc3c(-c4ccc(-n5c6ccccc6c6ccccc65)cc4)cc(-c4ccc5ccccc5c4)c4ccc(c1)c2c34. The first kappa shape index (κ1) is 25.4. The number of aryl methyl sites for hydroxylation is 1. The van der Waals surface area contributed by atoms with Gasteiger partial charge in [0, 0.05) is 16.5 Å². The number of rotatable bonds is 3. The lowest BCUT2D eigenvalue weighted by Crippen LogP contribution is -1.94. The van der Waals surface area contributed by atoms with E-state index in [-0.39, 0.29) is 0 Å². The predicted molar refractivity (Wildman–Crippen MR) is 198 cm³/mol. The molecular weight excluding hydrogens is 555 g/mol. The Labute approximate surface area is 266 Å². The normalized spacial score (nSPS) is 12.0. The molecule has 10 rings (SSSR count). The first-order valence-electron chi connectivity index (χ1n) is 16.0. The van der Waals surface area contributed by atoms with Crippen molar-refractivity contribution in [3.63, 3.8) is 0 Å². The van der Waals surface area contributed by atoms with Gasteiger partial charge in [-0.1, -0.05) is 121 Å². The molecule has 0 unspecified atom stereocenters. The van der Waals surface area contributed by atoms with E-state index in [1.165, 1.54) is 98.4 Å². The average molecular weight is 584 g/mol. The fraction of sp³-hybridized carbons (Fsp3) is 0.0222. The molecule has 1 nitrogen and oxygen atoms in total. The molecule has 0 atom stereocenters. The summed E-state index contributed by atoms with van der Waals surface area (Å²) in [6.45, 7) is 2.19. The van der Waals surface area contributed by atoms with Gasteiger partial charge in [-0.05, 0) is 114 Å². The molecule has 9 aromatic carbocycles. The van der Waals surface area contributed by atoms with Gasteiger partial charge >= 0.3 is 0 Å². The number of para-hydroxylation sites is 2. The van der Waals surface area contributed by atoms with Crippen LogP contribution in [0.15, 0.2) is 158 Å². The molecule has 46 heavy (non-hydrogen) atoms. The number of benzene rings is 9. The van der Waals surface area contributed by atoms with Gasteiger partial charge in [0.25, 0.3) is 0 Å². The Morgan fingerprint density at radius 1 is 0.370 bits per heavy atom. The fourth-order valence-corrected chi connectivity index (χ4v) is 7.90. The number of hydrogen-bond acceptors (Lipinski definition) is 0. The molecule has 10 aromatic rings. The molecule has 0 saturated carbocycles. The van der Waals surface area contributed by atoms with Crippen LogP contribution in [0.3, 0.4) is 0 Å². The topological polar surface area (TPSA) is 4.93 Å². The summed E-state index contributed by atoms with van der Waals surface area (Å²) in [6, 6.07) is 58.5. The van der Waals surface area contributed by atoms with E-state index in [9.17, 15) is 0 Å². The molecule has 0 aliphatic rings. The highest BCUT2D eigenvalue weighted by Crippen LogP contribution is 2.45. The van der Waals surface area contributed by atoms with E-state index in [4.69, 9.17) is 0 Å². The van der Waals surface area contributed by atoms with Crippen molar-refractivity contribution in [3.05, 3.63) is 163 Å². The summed E-state index contributed by atoms with van der Waals surface area (Å²) in [5.74, 6) is 0. The maximum Gasteiger partial charge on any atom is 0.0541 e. The number of fused-ring (bicyclic) bond motifs is 4. The van der Waals surface area contributed by atoms with Crippen molar-refractivity contribution < 1.29 is 0 Å². The Balaban J connectivity index is 1.24. The molecule has 0 spiro atoms. The van der Waals surface area contributed by atoms with E-state index in [1.54, 1.807) is 0 Å². The summed E-state index contributed by atoms with van der Waals surface area (Å²) < 4.78 is 2.39. The lowest BCUT2D eigenvalue weighted by atomic mass is 9.85. The fourth-order valence-electron chi connectivity index (χ4n) is 7.90. The predicted octanol–water partition coefficient (Wildman–Crippen LogP) is 12.5. The van der Waals surface area contributed by atoms with E-state index in [0.29, 0.717) is 0 Å². The van der Waals surface area contributed by atoms with Crippen molar-refractivity contribution in [2.75, 3.05) is 0 Å². The Morgan fingerprint density at radius 2 is 0.913 bits per heavy atom. The summed E-state index contributed by atoms with van der Waals surface area (Å²) in [4.78, 5) is 0. The summed E-state index contributed by atoms with van der Waals surface area (Å²) in [7, 11) is 0. The molecule has 1 heteroatoms.